The molecule has 0 saturated carbocycles. The van der Waals surface area contributed by atoms with Gasteiger partial charge in [0.15, 0.2) is 0 Å². The summed E-state index contributed by atoms with van der Waals surface area (Å²) >= 11 is 0. The standard InChI is InChI=1S/C37H47N3O5/c1-5-8-23-38(21-6-2)35(44)32-37-20-19-36(4,45-37)30(33(42)39(22-7-3)25-28-17-13-10-14-18-28)31(37)34(43)40(32)29(26-41)24-27-15-11-9-12-16-27/h6-7,9-18,29-32,41H,2-3,5,8,19-26H2,1,4H3/t29-,30-,31+,32?,36+,37?/m1/s1. The number of unbranched alkanes of at least 4 members (excludes halogenated alkanes) is 1. The van der Waals surface area contributed by atoms with Gasteiger partial charge in [-0.2, -0.15) is 0 Å². The molecule has 0 radical (unpaired) electrons. The normalized spacial score (nSPS) is 27.2. The molecule has 3 fully saturated rings. The number of rotatable bonds is 15. The van der Waals surface area contributed by atoms with Gasteiger partial charge in [-0.1, -0.05) is 86.2 Å². The molecule has 3 saturated heterocycles. The maximum absolute atomic E-state index is 14.8. The minimum absolute atomic E-state index is 0.174. The van der Waals surface area contributed by atoms with E-state index in [1.54, 1.807) is 26.9 Å². The van der Waals surface area contributed by atoms with Gasteiger partial charge >= 0.3 is 0 Å². The Morgan fingerprint density at radius 1 is 1.00 bits per heavy atom. The summed E-state index contributed by atoms with van der Waals surface area (Å²) in [7, 11) is 0. The number of likely N-dealkylation sites (tertiary alicyclic amines) is 1. The Morgan fingerprint density at radius 2 is 1.62 bits per heavy atom. The average molecular weight is 614 g/mol. The first-order chi connectivity index (χ1) is 21.7. The van der Waals surface area contributed by atoms with Crippen LogP contribution in [0.5, 0.6) is 0 Å². The maximum atomic E-state index is 14.8. The van der Waals surface area contributed by atoms with Crippen LogP contribution in [-0.2, 0) is 32.1 Å². The van der Waals surface area contributed by atoms with Gasteiger partial charge in [0.25, 0.3) is 0 Å². The van der Waals surface area contributed by atoms with Crippen LogP contribution in [0.15, 0.2) is 86.0 Å². The van der Waals surface area contributed by atoms with Gasteiger partial charge in [0.05, 0.1) is 30.1 Å². The Balaban J connectivity index is 1.57. The number of hydrogen-bond donors (Lipinski definition) is 1. The fourth-order valence-electron chi connectivity index (χ4n) is 7.91. The molecule has 3 amide bonds. The monoisotopic (exact) mass is 613 g/mol. The van der Waals surface area contributed by atoms with E-state index in [1.807, 2.05) is 67.6 Å². The molecule has 5 rings (SSSR count). The summed E-state index contributed by atoms with van der Waals surface area (Å²) in [5.74, 6) is -2.30. The molecular weight excluding hydrogens is 566 g/mol. The summed E-state index contributed by atoms with van der Waals surface area (Å²) in [5.41, 5.74) is -0.156. The largest absolute Gasteiger partial charge is 0.394 e. The molecular formula is C37H47N3O5. The first-order valence-corrected chi connectivity index (χ1v) is 16.2. The van der Waals surface area contributed by atoms with E-state index >= 15 is 0 Å². The Labute approximate surface area is 267 Å². The molecule has 45 heavy (non-hydrogen) atoms. The van der Waals surface area contributed by atoms with Crippen molar-refractivity contribution >= 4 is 17.7 Å². The molecule has 1 N–H and O–H groups in total. The number of hydrogen-bond acceptors (Lipinski definition) is 5. The van der Waals surface area contributed by atoms with Crippen LogP contribution < -0.4 is 0 Å². The number of ether oxygens (including phenoxy) is 1. The maximum Gasteiger partial charge on any atom is 0.248 e. The predicted molar refractivity (Wildman–Crippen MR) is 174 cm³/mol. The minimum atomic E-state index is -1.18. The molecule has 2 aromatic rings. The second kappa shape index (κ2) is 13.7. The zero-order valence-electron chi connectivity index (χ0n) is 26.6. The lowest BCUT2D eigenvalue weighted by Gasteiger charge is -2.39. The van der Waals surface area contributed by atoms with Gasteiger partial charge in [0.1, 0.15) is 11.6 Å². The van der Waals surface area contributed by atoms with Gasteiger partial charge in [-0.15, -0.1) is 13.2 Å². The molecule has 240 valence electrons. The zero-order valence-corrected chi connectivity index (χ0v) is 26.6. The van der Waals surface area contributed by atoms with Gasteiger partial charge < -0.3 is 24.5 Å². The highest BCUT2D eigenvalue weighted by Crippen LogP contribution is 2.64. The molecule has 0 aliphatic carbocycles. The topological polar surface area (TPSA) is 90.4 Å². The fraction of sp³-hybridized carbons (Fsp3) is 0.486. The highest BCUT2D eigenvalue weighted by atomic mass is 16.5. The third kappa shape index (κ3) is 5.98. The van der Waals surface area contributed by atoms with E-state index in [0.717, 1.165) is 24.0 Å². The second-order valence-corrected chi connectivity index (χ2v) is 12.9. The minimum Gasteiger partial charge on any atom is -0.394 e. The second-order valence-electron chi connectivity index (χ2n) is 12.9. The lowest BCUT2D eigenvalue weighted by molar-refractivity contribution is -0.156. The van der Waals surface area contributed by atoms with Crippen molar-refractivity contribution < 1.29 is 24.2 Å². The van der Waals surface area contributed by atoms with Crippen LogP contribution in [0.2, 0.25) is 0 Å². The van der Waals surface area contributed by atoms with Crippen molar-refractivity contribution in [1.82, 2.24) is 14.7 Å². The Bertz CT molecular complexity index is 1380. The van der Waals surface area contributed by atoms with Crippen LogP contribution in [0.3, 0.4) is 0 Å². The average Bonchev–Trinajstić information content (AvgIpc) is 3.62. The van der Waals surface area contributed by atoms with Crippen LogP contribution in [0, 0.1) is 11.8 Å². The van der Waals surface area contributed by atoms with Crippen LogP contribution in [0.25, 0.3) is 0 Å². The summed E-state index contributed by atoms with van der Waals surface area (Å²) in [5, 5.41) is 10.8. The first kappa shape index (κ1) is 32.6. The van der Waals surface area contributed by atoms with Crippen LogP contribution >= 0.6 is 0 Å². The van der Waals surface area contributed by atoms with E-state index in [2.05, 4.69) is 20.1 Å². The third-order valence-electron chi connectivity index (χ3n) is 9.95. The molecule has 2 unspecified atom stereocenters. The third-order valence-corrected chi connectivity index (χ3v) is 9.95. The van der Waals surface area contributed by atoms with Gasteiger partial charge in [-0.3, -0.25) is 14.4 Å². The number of nitrogens with zero attached hydrogens (tertiary/aromatic N) is 3. The Morgan fingerprint density at radius 3 is 2.22 bits per heavy atom. The number of amides is 3. The van der Waals surface area contributed by atoms with Gasteiger partial charge in [-0.05, 0) is 43.7 Å². The number of carbonyl (C=O) groups is 3. The predicted octanol–water partition coefficient (Wildman–Crippen LogP) is 4.38. The molecule has 3 heterocycles. The highest BCUT2D eigenvalue weighted by molar-refractivity contribution is 5.99. The van der Waals surface area contributed by atoms with Crippen LogP contribution in [0.1, 0.15) is 50.7 Å². The molecule has 3 aliphatic heterocycles. The van der Waals surface area contributed by atoms with Crippen molar-refractivity contribution in [3.8, 4) is 0 Å². The van der Waals surface area contributed by atoms with Gasteiger partial charge in [0.2, 0.25) is 17.7 Å². The first-order valence-electron chi connectivity index (χ1n) is 16.2. The number of fused-ring (bicyclic) bond motifs is 1. The summed E-state index contributed by atoms with van der Waals surface area (Å²) in [4.78, 5) is 49.1. The number of carbonyl (C=O) groups excluding carboxylic acids is 3. The summed E-state index contributed by atoms with van der Waals surface area (Å²) in [6.07, 6.45) is 6.52. The van der Waals surface area contributed by atoms with Crippen molar-refractivity contribution in [2.24, 2.45) is 11.8 Å². The number of benzene rings is 2. The van der Waals surface area contributed by atoms with E-state index in [9.17, 15) is 19.5 Å². The molecule has 2 bridgehead atoms. The van der Waals surface area contributed by atoms with Crippen LogP contribution in [0.4, 0.5) is 0 Å². The highest BCUT2D eigenvalue weighted by Gasteiger charge is 2.78. The lowest BCUT2D eigenvalue weighted by atomic mass is 9.66. The van der Waals surface area contributed by atoms with Crippen molar-refractivity contribution in [1.29, 1.82) is 0 Å². The fourth-order valence-corrected chi connectivity index (χ4v) is 7.91. The molecule has 2 aromatic carbocycles. The van der Waals surface area contributed by atoms with Crippen molar-refractivity contribution in [2.45, 2.75) is 75.8 Å². The summed E-state index contributed by atoms with van der Waals surface area (Å²) in [6, 6.07) is 17.8. The number of aliphatic hydroxyl groups is 1. The molecule has 3 aliphatic rings. The summed E-state index contributed by atoms with van der Waals surface area (Å²) < 4.78 is 6.90. The van der Waals surface area contributed by atoms with E-state index in [0.29, 0.717) is 45.4 Å². The van der Waals surface area contributed by atoms with Crippen molar-refractivity contribution in [3.63, 3.8) is 0 Å². The van der Waals surface area contributed by atoms with E-state index in [1.165, 1.54) is 0 Å². The van der Waals surface area contributed by atoms with Crippen molar-refractivity contribution in [3.05, 3.63) is 97.1 Å². The number of aliphatic hydroxyl groups excluding tert-OH is 1. The van der Waals surface area contributed by atoms with E-state index in [-0.39, 0.29) is 24.3 Å². The van der Waals surface area contributed by atoms with Crippen molar-refractivity contribution in [2.75, 3.05) is 26.2 Å². The Hall–Kier alpha value is -3.75. The van der Waals surface area contributed by atoms with Gasteiger partial charge in [-0.25, -0.2) is 0 Å². The van der Waals surface area contributed by atoms with Crippen LogP contribution in [-0.4, -0.2) is 87.1 Å². The molecule has 8 heteroatoms. The zero-order chi connectivity index (χ0) is 32.2. The molecule has 6 atom stereocenters. The smallest absolute Gasteiger partial charge is 0.248 e. The quantitative estimate of drug-likeness (QED) is 0.301. The summed E-state index contributed by atoms with van der Waals surface area (Å²) in [6.45, 7) is 13.0. The molecule has 1 spiro atoms. The SMILES string of the molecule is C=CCN(CCCC)C(=O)C1N([C@@H](CO)Cc2ccccc2)C(=O)[C@@H]2[C@H](C(=O)N(CC=C)Cc3ccccc3)[C@]3(C)CCC12O3. The van der Waals surface area contributed by atoms with Gasteiger partial charge in [0, 0.05) is 26.2 Å². The molecule has 0 aromatic heterocycles. The van der Waals surface area contributed by atoms with E-state index in [4.69, 9.17) is 4.74 Å². The molecule has 8 nitrogen and oxygen atoms in total. The lowest BCUT2D eigenvalue weighted by Crippen LogP contribution is -2.59. The van der Waals surface area contributed by atoms with E-state index < -0.39 is 35.1 Å². The Kier molecular flexibility index (Phi) is 9.94.